The summed E-state index contributed by atoms with van der Waals surface area (Å²) in [6.07, 6.45) is 3.78. The van der Waals surface area contributed by atoms with Gasteiger partial charge in [-0.15, -0.1) is 12.4 Å². The van der Waals surface area contributed by atoms with Crippen molar-refractivity contribution >= 4 is 46.5 Å². The fraction of sp³-hybridized carbons (Fsp3) is 0.333. The number of anilines is 2. The number of carbonyl (C=O) groups is 2. The molecule has 3 heterocycles. The van der Waals surface area contributed by atoms with Crippen LogP contribution in [-0.4, -0.2) is 39.6 Å². The van der Waals surface area contributed by atoms with Gasteiger partial charge in [-0.05, 0) is 56.9 Å². The van der Waals surface area contributed by atoms with Crippen molar-refractivity contribution in [1.82, 2.24) is 14.9 Å². The van der Waals surface area contributed by atoms with Crippen LogP contribution >= 0.6 is 12.4 Å². The van der Waals surface area contributed by atoms with Crippen molar-refractivity contribution in [3.05, 3.63) is 59.4 Å². The number of aromatic nitrogens is 2. The predicted molar refractivity (Wildman–Crippen MR) is 126 cm³/mol. The number of piperidine rings is 1. The highest BCUT2D eigenvalue weighted by atomic mass is 35.5. The normalized spacial score (nSPS) is 16.0. The lowest BCUT2D eigenvalue weighted by Crippen LogP contribution is -2.39. The van der Waals surface area contributed by atoms with Crippen molar-refractivity contribution in [3.63, 3.8) is 0 Å². The minimum atomic E-state index is -0.0262. The van der Waals surface area contributed by atoms with Crippen LogP contribution in [-0.2, 0) is 0 Å². The summed E-state index contributed by atoms with van der Waals surface area (Å²) >= 11 is 0. The number of pyridine rings is 2. The zero-order valence-electron chi connectivity index (χ0n) is 18.0. The molecule has 2 aromatic heterocycles. The Balaban J connectivity index is 0.00000272. The Bertz CT molecular complexity index is 1130. The van der Waals surface area contributed by atoms with Gasteiger partial charge in [-0.25, -0.2) is 9.97 Å². The number of hydrogen-bond acceptors (Lipinski definition) is 5. The summed E-state index contributed by atoms with van der Waals surface area (Å²) in [6.45, 7) is 7.14. The summed E-state index contributed by atoms with van der Waals surface area (Å²) < 4.78 is 0. The second kappa shape index (κ2) is 9.43. The average molecular weight is 439 g/mol. The molecule has 1 aromatic carbocycles. The van der Waals surface area contributed by atoms with Gasteiger partial charge in [0.2, 0.25) is 0 Å². The zero-order chi connectivity index (χ0) is 21.3. The number of nitrogens with zero attached hydrogens (tertiary/aromatic N) is 3. The Morgan fingerprint density at radius 1 is 1.19 bits per heavy atom. The second-order valence-corrected chi connectivity index (χ2v) is 8.13. The maximum Gasteiger partial charge on any atom is 0.257 e. The first-order valence-electron chi connectivity index (χ1n) is 10.4. The molecule has 7 heteroatoms. The van der Waals surface area contributed by atoms with E-state index in [1.807, 2.05) is 36.1 Å². The minimum Gasteiger partial charge on any atom is -0.354 e. The number of ketones is 1. The molecule has 1 unspecified atom stereocenters. The Labute approximate surface area is 188 Å². The molecular weight excluding hydrogens is 412 g/mol. The summed E-state index contributed by atoms with van der Waals surface area (Å²) in [5.41, 5.74) is 4.01. The lowest BCUT2D eigenvalue weighted by atomic mass is 9.99. The highest BCUT2D eigenvalue weighted by Crippen LogP contribution is 2.31. The largest absolute Gasteiger partial charge is 0.354 e. The van der Waals surface area contributed by atoms with Gasteiger partial charge >= 0.3 is 0 Å². The lowest BCUT2D eigenvalue weighted by Gasteiger charge is -2.31. The number of rotatable bonds is 4. The van der Waals surface area contributed by atoms with Crippen LogP contribution in [0.25, 0.3) is 11.0 Å². The summed E-state index contributed by atoms with van der Waals surface area (Å²) in [5.74, 6) is 0.458. The Morgan fingerprint density at radius 2 is 2.00 bits per heavy atom. The van der Waals surface area contributed by atoms with Crippen LogP contribution in [0.3, 0.4) is 0 Å². The lowest BCUT2D eigenvalue weighted by molar-refractivity contribution is 0.0683. The highest BCUT2D eigenvalue weighted by Gasteiger charge is 2.25. The smallest absolute Gasteiger partial charge is 0.257 e. The maximum absolute atomic E-state index is 13.4. The molecule has 1 atom stereocenters. The van der Waals surface area contributed by atoms with Crippen molar-refractivity contribution in [2.45, 2.75) is 33.6 Å². The number of halogens is 1. The molecule has 1 saturated heterocycles. The number of aryl methyl sites for hydroxylation is 1. The van der Waals surface area contributed by atoms with Crippen LogP contribution in [0.4, 0.5) is 11.4 Å². The Hall–Kier alpha value is -2.99. The molecule has 1 amide bonds. The van der Waals surface area contributed by atoms with E-state index in [2.05, 4.69) is 22.2 Å². The van der Waals surface area contributed by atoms with Crippen molar-refractivity contribution in [1.29, 1.82) is 0 Å². The third-order valence-corrected chi connectivity index (χ3v) is 5.58. The third-order valence-electron chi connectivity index (χ3n) is 5.58. The molecule has 6 nitrogen and oxygen atoms in total. The zero-order valence-corrected chi connectivity index (χ0v) is 18.8. The van der Waals surface area contributed by atoms with Crippen LogP contribution < -0.4 is 5.32 Å². The van der Waals surface area contributed by atoms with Gasteiger partial charge in [0.1, 0.15) is 0 Å². The van der Waals surface area contributed by atoms with Crippen LogP contribution in [0.15, 0.2) is 42.6 Å². The number of hydrogen-bond donors (Lipinski definition) is 1. The summed E-state index contributed by atoms with van der Waals surface area (Å²) in [6, 6.07) is 11.2. The molecule has 31 heavy (non-hydrogen) atoms. The van der Waals surface area contributed by atoms with Gasteiger partial charge in [0, 0.05) is 41.6 Å². The fourth-order valence-electron chi connectivity index (χ4n) is 3.97. The van der Waals surface area contributed by atoms with E-state index in [0.717, 1.165) is 42.7 Å². The SMILES string of the molecule is CC(=O)c1cccc(Nc2c(C(=O)N3CCCC(C)C3)cnc3nc(C)ccc23)c1.Cl. The molecule has 0 aliphatic carbocycles. The Kier molecular flexibility index (Phi) is 6.91. The molecule has 1 fully saturated rings. The minimum absolute atomic E-state index is 0. The quantitative estimate of drug-likeness (QED) is 0.568. The molecule has 1 aliphatic rings. The standard InChI is InChI=1S/C24H26N4O2.ClH/c1-15-6-5-11-28(14-15)24(30)21-13-25-23-20(10-9-16(2)26-23)22(21)27-19-8-4-7-18(12-19)17(3)29;/h4,7-10,12-13,15H,5-6,11,14H2,1-3H3,(H,25,26,27);1H. The van der Waals surface area contributed by atoms with E-state index in [0.29, 0.717) is 28.4 Å². The predicted octanol–water partition coefficient (Wildman–Crippen LogP) is 5.18. The number of likely N-dealkylation sites (tertiary alicyclic amines) is 1. The summed E-state index contributed by atoms with van der Waals surface area (Å²) in [7, 11) is 0. The van der Waals surface area contributed by atoms with Gasteiger partial charge in [-0.3, -0.25) is 9.59 Å². The first kappa shape index (κ1) is 22.7. The molecule has 1 aliphatic heterocycles. The number of fused-ring (bicyclic) bond motifs is 1. The van der Waals surface area contributed by atoms with Gasteiger partial charge in [0.25, 0.3) is 5.91 Å². The van der Waals surface area contributed by atoms with E-state index in [1.165, 1.54) is 0 Å². The van der Waals surface area contributed by atoms with E-state index < -0.39 is 0 Å². The van der Waals surface area contributed by atoms with Gasteiger partial charge in [0.15, 0.2) is 11.4 Å². The maximum atomic E-state index is 13.4. The van der Waals surface area contributed by atoms with Gasteiger partial charge in [-0.2, -0.15) is 0 Å². The molecule has 1 N–H and O–H groups in total. The molecule has 0 saturated carbocycles. The van der Waals surface area contributed by atoms with E-state index in [-0.39, 0.29) is 24.1 Å². The second-order valence-electron chi connectivity index (χ2n) is 8.13. The number of Topliss-reactive ketones (excluding diaryl/α,β-unsaturated/α-hetero) is 1. The molecule has 0 spiro atoms. The summed E-state index contributed by atoms with van der Waals surface area (Å²) in [5, 5.41) is 4.16. The van der Waals surface area contributed by atoms with Gasteiger partial charge < -0.3 is 10.2 Å². The van der Waals surface area contributed by atoms with E-state index in [4.69, 9.17) is 0 Å². The van der Waals surface area contributed by atoms with Gasteiger partial charge in [-0.1, -0.05) is 19.1 Å². The van der Waals surface area contributed by atoms with E-state index in [1.54, 1.807) is 25.3 Å². The third kappa shape index (κ3) is 4.85. The monoisotopic (exact) mass is 438 g/mol. The highest BCUT2D eigenvalue weighted by molar-refractivity contribution is 6.07. The Morgan fingerprint density at radius 3 is 2.74 bits per heavy atom. The number of carbonyl (C=O) groups excluding carboxylic acids is 2. The number of benzene rings is 1. The van der Waals surface area contributed by atoms with Crippen molar-refractivity contribution in [3.8, 4) is 0 Å². The van der Waals surface area contributed by atoms with Crippen LogP contribution in [0.2, 0.25) is 0 Å². The van der Waals surface area contributed by atoms with Crippen molar-refractivity contribution in [2.75, 3.05) is 18.4 Å². The van der Waals surface area contributed by atoms with Crippen molar-refractivity contribution < 1.29 is 9.59 Å². The molecule has 162 valence electrons. The number of nitrogens with one attached hydrogen (secondary N) is 1. The first-order valence-corrected chi connectivity index (χ1v) is 10.4. The van der Waals surface area contributed by atoms with Crippen LogP contribution in [0.1, 0.15) is 53.1 Å². The molecule has 0 radical (unpaired) electrons. The van der Waals surface area contributed by atoms with E-state index >= 15 is 0 Å². The topological polar surface area (TPSA) is 75.2 Å². The first-order chi connectivity index (χ1) is 14.4. The average Bonchev–Trinajstić information content (AvgIpc) is 2.73. The van der Waals surface area contributed by atoms with Crippen LogP contribution in [0, 0.1) is 12.8 Å². The molecule has 4 rings (SSSR count). The molecular formula is C24H27ClN4O2. The molecule has 3 aromatic rings. The summed E-state index contributed by atoms with van der Waals surface area (Å²) in [4.78, 5) is 36.1. The van der Waals surface area contributed by atoms with E-state index in [9.17, 15) is 9.59 Å². The van der Waals surface area contributed by atoms with Crippen LogP contribution in [0.5, 0.6) is 0 Å². The van der Waals surface area contributed by atoms with Gasteiger partial charge in [0.05, 0.1) is 11.3 Å². The molecule has 0 bridgehead atoms. The fourth-order valence-corrected chi connectivity index (χ4v) is 3.97. The van der Waals surface area contributed by atoms with Crippen molar-refractivity contribution in [2.24, 2.45) is 5.92 Å². The number of amides is 1.